The van der Waals surface area contributed by atoms with Crippen molar-refractivity contribution in [2.45, 2.75) is 84.7 Å². The molecule has 0 rings (SSSR count). The van der Waals surface area contributed by atoms with Crippen molar-refractivity contribution in [2.24, 2.45) is 5.16 Å². The van der Waals surface area contributed by atoms with Gasteiger partial charge in [-0.15, -0.1) is 0 Å². The van der Waals surface area contributed by atoms with Gasteiger partial charge in [0.2, 0.25) is 0 Å². The van der Waals surface area contributed by atoms with Crippen molar-refractivity contribution in [3.8, 4) is 0 Å². The summed E-state index contributed by atoms with van der Waals surface area (Å²) in [6.45, 7) is 8.17. The number of hydroxylamine groups is 2. The third-order valence-electron chi connectivity index (χ3n) is 2.89. The Hall–Kier alpha value is -0.770. The van der Waals surface area contributed by atoms with E-state index >= 15 is 0 Å². The van der Waals surface area contributed by atoms with Gasteiger partial charge in [-0.25, -0.2) is 5.06 Å². The molecule has 0 heterocycles. The highest BCUT2D eigenvalue weighted by Crippen LogP contribution is 2.13. The van der Waals surface area contributed by atoms with Crippen LogP contribution in [-0.4, -0.2) is 28.8 Å². The fraction of sp³-hybridized carbons (Fsp3) is 0.933. The van der Waals surface area contributed by atoms with Crippen LogP contribution in [-0.2, 0) is 4.84 Å². The van der Waals surface area contributed by atoms with Gasteiger partial charge in [0.15, 0.2) is 5.84 Å². The monoisotopic (exact) mass is 272 g/mol. The average molecular weight is 272 g/mol. The largest absolute Gasteiger partial charge is 0.409 e. The number of hydrogen-bond donors (Lipinski definition) is 1. The molecule has 0 aliphatic carbocycles. The second-order valence-electron chi connectivity index (χ2n) is 6.09. The van der Waals surface area contributed by atoms with Crippen molar-refractivity contribution in [3.05, 3.63) is 0 Å². The molecule has 0 bridgehead atoms. The van der Waals surface area contributed by atoms with Crippen LogP contribution in [0.3, 0.4) is 0 Å². The van der Waals surface area contributed by atoms with E-state index in [-0.39, 0.29) is 5.60 Å². The van der Waals surface area contributed by atoms with Crippen molar-refractivity contribution < 1.29 is 10.0 Å². The molecule has 4 nitrogen and oxygen atoms in total. The Morgan fingerprint density at radius 2 is 1.58 bits per heavy atom. The summed E-state index contributed by atoms with van der Waals surface area (Å²) in [6.07, 6.45) is 9.54. The fourth-order valence-corrected chi connectivity index (χ4v) is 1.97. The maximum absolute atomic E-state index is 9.03. The molecule has 0 aliphatic rings. The molecule has 0 aromatic heterocycles. The van der Waals surface area contributed by atoms with E-state index in [4.69, 9.17) is 10.0 Å². The number of hydrogen-bond acceptors (Lipinski definition) is 3. The Bertz CT molecular complexity index is 247. The van der Waals surface area contributed by atoms with Crippen LogP contribution in [0.5, 0.6) is 0 Å². The summed E-state index contributed by atoms with van der Waals surface area (Å²) >= 11 is 0. The van der Waals surface area contributed by atoms with E-state index in [2.05, 4.69) is 12.1 Å². The topological polar surface area (TPSA) is 45.1 Å². The van der Waals surface area contributed by atoms with E-state index in [1.54, 1.807) is 12.1 Å². The first-order chi connectivity index (χ1) is 8.90. The lowest BCUT2D eigenvalue weighted by Crippen LogP contribution is -2.35. The molecule has 114 valence electrons. The van der Waals surface area contributed by atoms with E-state index in [0.29, 0.717) is 5.84 Å². The SMILES string of the molecule is CCCCCCCCC/C(=N/O)N(C)OC(C)(C)C. The average Bonchev–Trinajstić information content (AvgIpc) is 2.30. The van der Waals surface area contributed by atoms with Crippen molar-refractivity contribution in [2.75, 3.05) is 7.05 Å². The lowest BCUT2D eigenvalue weighted by atomic mass is 10.1. The Morgan fingerprint density at radius 1 is 1.05 bits per heavy atom. The van der Waals surface area contributed by atoms with E-state index < -0.39 is 0 Å². The molecule has 0 aromatic carbocycles. The van der Waals surface area contributed by atoms with Gasteiger partial charge in [-0.1, -0.05) is 50.6 Å². The summed E-state index contributed by atoms with van der Waals surface area (Å²) in [5.41, 5.74) is -0.273. The zero-order valence-electron chi connectivity index (χ0n) is 13.4. The fourth-order valence-electron chi connectivity index (χ4n) is 1.97. The van der Waals surface area contributed by atoms with Crippen molar-refractivity contribution in [1.82, 2.24) is 5.06 Å². The van der Waals surface area contributed by atoms with Crippen LogP contribution in [0.1, 0.15) is 79.1 Å². The van der Waals surface area contributed by atoms with Crippen LogP contribution in [0.25, 0.3) is 0 Å². The first-order valence-electron chi connectivity index (χ1n) is 7.54. The van der Waals surface area contributed by atoms with Gasteiger partial charge in [-0.3, -0.25) is 4.84 Å². The highest BCUT2D eigenvalue weighted by molar-refractivity contribution is 5.80. The molecule has 0 radical (unpaired) electrons. The van der Waals surface area contributed by atoms with Crippen LogP contribution in [0.4, 0.5) is 0 Å². The van der Waals surface area contributed by atoms with Gasteiger partial charge in [0.25, 0.3) is 0 Å². The van der Waals surface area contributed by atoms with E-state index in [1.807, 2.05) is 20.8 Å². The minimum atomic E-state index is -0.273. The second-order valence-corrected chi connectivity index (χ2v) is 6.09. The van der Waals surface area contributed by atoms with Crippen LogP contribution in [0.15, 0.2) is 5.16 Å². The summed E-state index contributed by atoms with van der Waals surface area (Å²) < 4.78 is 0. The Morgan fingerprint density at radius 3 is 2.05 bits per heavy atom. The van der Waals surface area contributed by atoms with Gasteiger partial charge in [-0.05, 0) is 27.2 Å². The summed E-state index contributed by atoms with van der Waals surface area (Å²) in [7, 11) is 1.79. The van der Waals surface area contributed by atoms with Gasteiger partial charge in [0.1, 0.15) is 0 Å². The second kappa shape index (κ2) is 10.1. The van der Waals surface area contributed by atoms with Gasteiger partial charge in [-0.2, -0.15) is 0 Å². The Kier molecular flexibility index (Phi) is 9.66. The zero-order valence-corrected chi connectivity index (χ0v) is 13.4. The van der Waals surface area contributed by atoms with Crippen molar-refractivity contribution in [3.63, 3.8) is 0 Å². The Labute approximate surface area is 118 Å². The number of unbranched alkanes of at least 4 members (excludes halogenated alkanes) is 6. The lowest BCUT2D eigenvalue weighted by molar-refractivity contribution is -0.170. The van der Waals surface area contributed by atoms with Gasteiger partial charge >= 0.3 is 0 Å². The molecule has 19 heavy (non-hydrogen) atoms. The molecule has 0 saturated heterocycles. The quantitative estimate of drug-likeness (QED) is 0.220. The normalized spacial score (nSPS) is 12.8. The summed E-state index contributed by atoms with van der Waals surface area (Å²) in [4.78, 5) is 5.64. The molecule has 4 heteroatoms. The van der Waals surface area contributed by atoms with Crippen molar-refractivity contribution >= 4 is 5.84 Å². The predicted molar refractivity (Wildman–Crippen MR) is 80.4 cm³/mol. The minimum Gasteiger partial charge on any atom is -0.409 e. The number of rotatable bonds is 9. The standard InChI is InChI=1S/C15H32N2O2/c1-6-7-8-9-10-11-12-13-14(16-18)17(5)19-15(2,3)4/h18H,6-13H2,1-5H3/b16-14-. The van der Waals surface area contributed by atoms with E-state index in [9.17, 15) is 0 Å². The molecule has 0 amide bonds. The first-order valence-corrected chi connectivity index (χ1v) is 7.54. The van der Waals surface area contributed by atoms with Gasteiger partial charge in [0.05, 0.1) is 5.60 Å². The molecule has 0 spiro atoms. The lowest BCUT2D eigenvalue weighted by Gasteiger charge is -2.28. The molecule has 0 aliphatic heterocycles. The summed E-state index contributed by atoms with van der Waals surface area (Å²) in [6, 6.07) is 0. The zero-order chi connectivity index (χ0) is 14.7. The number of oxime groups is 1. The molecule has 0 saturated carbocycles. The number of amidine groups is 1. The first kappa shape index (κ1) is 18.2. The maximum Gasteiger partial charge on any atom is 0.167 e. The smallest absolute Gasteiger partial charge is 0.167 e. The molecule has 0 fully saturated rings. The van der Waals surface area contributed by atoms with Crippen LogP contribution >= 0.6 is 0 Å². The molecular formula is C15H32N2O2. The maximum atomic E-state index is 9.03. The predicted octanol–water partition coefficient (Wildman–Crippen LogP) is 4.58. The van der Waals surface area contributed by atoms with Crippen molar-refractivity contribution in [1.29, 1.82) is 0 Å². The third-order valence-corrected chi connectivity index (χ3v) is 2.89. The highest BCUT2D eigenvalue weighted by atomic mass is 16.7. The highest BCUT2D eigenvalue weighted by Gasteiger charge is 2.17. The molecule has 1 N–H and O–H groups in total. The minimum absolute atomic E-state index is 0.273. The van der Waals surface area contributed by atoms with Crippen LogP contribution in [0, 0.1) is 0 Å². The van der Waals surface area contributed by atoms with Crippen LogP contribution in [0.2, 0.25) is 0 Å². The molecule has 0 unspecified atom stereocenters. The molecule has 0 atom stereocenters. The van der Waals surface area contributed by atoms with Gasteiger partial charge < -0.3 is 5.21 Å². The molecule has 0 aromatic rings. The van der Waals surface area contributed by atoms with E-state index in [0.717, 1.165) is 12.8 Å². The Balaban J connectivity index is 3.77. The van der Waals surface area contributed by atoms with Crippen LogP contribution < -0.4 is 0 Å². The summed E-state index contributed by atoms with van der Waals surface area (Å²) in [5.74, 6) is 0.600. The molecular weight excluding hydrogens is 240 g/mol. The summed E-state index contributed by atoms with van der Waals surface area (Å²) in [5, 5.41) is 13.9. The van der Waals surface area contributed by atoms with E-state index in [1.165, 1.54) is 38.5 Å². The van der Waals surface area contributed by atoms with Gasteiger partial charge in [0, 0.05) is 13.5 Å². The number of nitrogens with zero attached hydrogens (tertiary/aromatic N) is 2. The third kappa shape index (κ3) is 10.8.